The van der Waals surface area contributed by atoms with Gasteiger partial charge in [0.2, 0.25) is 5.66 Å². The normalized spacial score (nSPS) is 17.8. The molecule has 1 heterocycles. The number of hydrogen-bond donors (Lipinski definition) is 9. The van der Waals surface area contributed by atoms with Gasteiger partial charge in [0, 0.05) is 5.56 Å². The summed E-state index contributed by atoms with van der Waals surface area (Å²) in [5.41, 5.74) is -1.61. The highest BCUT2D eigenvalue weighted by atomic mass is 16.3. The average Bonchev–Trinajstić information content (AvgIpc) is 3.00. The van der Waals surface area contributed by atoms with Crippen LogP contribution >= 0.6 is 0 Å². The molecule has 2 rings (SSSR count). The molecule has 0 radical (unpaired) electrons. The van der Waals surface area contributed by atoms with Crippen LogP contribution in [0.5, 0.6) is 5.75 Å². The molecule has 1 aliphatic rings. The van der Waals surface area contributed by atoms with Gasteiger partial charge in [0.1, 0.15) is 25.9 Å². The van der Waals surface area contributed by atoms with E-state index in [2.05, 4.69) is 0 Å². The maximum absolute atomic E-state index is 11.9. The number of rotatable bonds is 7. The number of hydrogen-bond acceptors (Lipinski definition) is 11. The van der Waals surface area contributed by atoms with E-state index in [1.807, 2.05) is 10.6 Å². The van der Waals surface area contributed by atoms with Crippen molar-refractivity contribution in [2.24, 2.45) is 0 Å². The molecule has 2 unspecified atom stereocenters. The van der Waals surface area contributed by atoms with Gasteiger partial charge in [-0.1, -0.05) is 0 Å². The lowest BCUT2D eigenvalue weighted by molar-refractivity contribution is -0.139. The van der Waals surface area contributed by atoms with Crippen LogP contribution in [0.3, 0.4) is 0 Å². The maximum Gasteiger partial charge on any atom is 0.332 e. The molecule has 2 atom stereocenters. The monoisotopic (exact) mass is 490 g/mol. The lowest BCUT2D eigenvalue weighted by Gasteiger charge is -2.32. The molecule has 192 valence electrons. The second kappa shape index (κ2) is 14.7. The molecule has 1 saturated heterocycles. The summed E-state index contributed by atoms with van der Waals surface area (Å²) in [6.07, 6.45) is -0.560. The quantitative estimate of drug-likeness (QED) is 0.106. The van der Waals surface area contributed by atoms with Crippen molar-refractivity contribution < 1.29 is 54.9 Å². The van der Waals surface area contributed by atoms with Crippen LogP contribution in [0.4, 0.5) is 9.59 Å². The Balaban J connectivity index is 0.000000601. The fraction of sp³-hybridized carbons (Fsp3) is 0.474. The summed E-state index contributed by atoms with van der Waals surface area (Å²) in [5.74, 6) is -0.908. The van der Waals surface area contributed by atoms with Crippen molar-refractivity contribution in [3.05, 3.63) is 29.8 Å². The Hall–Kier alpha value is -3.34. The van der Waals surface area contributed by atoms with Crippen molar-refractivity contribution in [1.29, 1.82) is 0 Å². The highest BCUT2D eigenvalue weighted by molar-refractivity contribution is 6.08. The number of amides is 5. The number of ketones is 1. The number of aliphatic hydroxyl groups excluding tert-OH is 6. The van der Waals surface area contributed by atoms with Crippen molar-refractivity contribution in [3.8, 4) is 5.75 Å². The van der Waals surface area contributed by atoms with E-state index >= 15 is 0 Å². The number of aliphatic hydroxyl groups is 6. The second-order valence-corrected chi connectivity index (χ2v) is 6.67. The summed E-state index contributed by atoms with van der Waals surface area (Å²) >= 11 is 0. The van der Waals surface area contributed by atoms with E-state index in [1.165, 1.54) is 26.0 Å². The predicted octanol–water partition coefficient (Wildman–Crippen LogP) is -2.96. The third-order valence-electron chi connectivity index (χ3n) is 4.13. The predicted molar refractivity (Wildman–Crippen MR) is 114 cm³/mol. The number of nitrogens with one attached hydrogen (secondary N) is 2. The Kier molecular flexibility index (Phi) is 13.3. The van der Waals surface area contributed by atoms with Gasteiger partial charge in [-0.05, 0) is 38.1 Å². The maximum atomic E-state index is 11.9. The van der Waals surface area contributed by atoms with Crippen LogP contribution in [0.25, 0.3) is 0 Å². The first-order valence-electron chi connectivity index (χ1n) is 9.67. The number of Topliss-reactive ketones (excluding diaryl/α,β-unsaturated/α-hetero) is 1. The van der Waals surface area contributed by atoms with Gasteiger partial charge in [-0.3, -0.25) is 14.5 Å². The standard InChI is InChI=1S/C8H14N4O7.C8H8O2.C3H8O2/c13-1-8(10-6(18)9-2-14)5(17)11(3-15)7(19)12(8)4-16;1-6(9)7-2-4-8(10)5-3-7;1-3(5)2-4/h13-16H,1-4H2,(H2,9,10,18);2-5,10H,1H3;3-5H,2H2,1H3. The average molecular weight is 490 g/mol. The Morgan fingerprint density at radius 1 is 1.03 bits per heavy atom. The number of urea groups is 2. The summed E-state index contributed by atoms with van der Waals surface area (Å²) < 4.78 is 0. The van der Waals surface area contributed by atoms with E-state index in [-0.39, 0.29) is 18.1 Å². The van der Waals surface area contributed by atoms with E-state index in [1.54, 1.807) is 12.1 Å². The summed E-state index contributed by atoms with van der Waals surface area (Å²) in [4.78, 5) is 46.4. The van der Waals surface area contributed by atoms with Gasteiger partial charge in [-0.25, -0.2) is 14.5 Å². The molecular formula is C19H30N4O11. The number of benzene rings is 1. The van der Waals surface area contributed by atoms with Crippen molar-refractivity contribution >= 4 is 23.8 Å². The molecule has 15 heteroatoms. The highest BCUT2D eigenvalue weighted by Crippen LogP contribution is 2.24. The van der Waals surface area contributed by atoms with E-state index < -0.39 is 56.5 Å². The van der Waals surface area contributed by atoms with Crippen molar-refractivity contribution in [3.63, 3.8) is 0 Å². The van der Waals surface area contributed by atoms with Crippen LogP contribution in [0, 0.1) is 0 Å². The van der Waals surface area contributed by atoms with Gasteiger partial charge in [0.05, 0.1) is 19.3 Å². The first kappa shape index (κ1) is 30.7. The SMILES string of the molecule is CC(=O)c1ccc(O)cc1.CC(O)CO.O=C(NCO)NC1(CO)C(=O)N(CO)C(=O)N1CO. The van der Waals surface area contributed by atoms with Gasteiger partial charge in [-0.2, -0.15) is 0 Å². The van der Waals surface area contributed by atoms with Crippen molar-refractivity contribution in [1.82, 2.24) is 20.4 Å². The number of phenolic OH excluding ortho intramolecular Hbond substituents is 1. The molecule has 0 aliphatic carbocycles. The third-order valence-corrected chi connectivity index (χ3v) is 4.13. The van der Waals surface area contributed by atoms with E-state index in [0.29, 0.717) is 15.4 Å². The van der Waals surface area contributed by atoms with E-state index in [0.717, 1.165) is 0 Å². The summed E-state index contributed by atoms with van der Waals surface area (Å²) in [6, 6.07) is 4.06. The summed E-state index contributed by atoms with van der Waals surface area (Å²) in [7, 11) is 0. The van der Waals surface area contributed by atoms with E-state index in [4.69, 9.17) is 30.6 Å². The summed E-state index contributed by atoms with van der Waals surface area (Å²) in [6.45, 7) is -0.821. The van der Waals surface area contributed by atoms with Crippen molar-refractivity contribution in [2.45, 2.75) is 25.6 Å². The lowest BCUT2D eigenvalue weighted by atomic mass is 10.1. The van der Waals surface area contributed by atoms with Gasteiger partial charge in [0.15, 0.2) is 5.78 Å². The molecule has 1 aliphatic heterocycles. The number of imide groups is 1. The highest BCUT2D eigenvalue weighted by Gasteiger charge is 2.58. The molecule has 1 aromatic rings. The van der Waals surface area contributed by atoms with Gasteiger partial charge in [-0.15, -0.1) is 0 Å². The molecule has 1 aromatic carbocycles. The molecule has 9 N–H and O–H groups in total. The number of nitrogens with zero attached hydrogens (tertiary/aromatic N) is 2. The fourth-order valence-corrected chi connectivity index (χ4v) is 2.35. The third kappa shape index (κ3) is 8.22. The molecule has 15 nitrogen and oxygen atoms in total. The molecule has 1 fully saturated rings. The largest absolute Gasteiger partial charge is 0.508 e. The Labute approximate surface area is 194 Å². The van der Waals surface area contributed by atoms with Crippen molar-refractivity contribution in [2.75, 3.05) is 33.4 Å². The second-order valence-electron chi connectivity index (χ2n) is 6.67. The van der Waals surface area contributed by atoms with E-state index in [9.17, 15) is 24.3 Å². The summed E-state index contributed by atoms with van der Waals surface area (Å²) in [5, 5.41) is 64.5. The number of carbonyl (C=O) groups excluding carboxylic acids is 4. The molecule has 0 spiro atoms. The topological polar surface area (TPSA) is 240 Å². The minimum Gasteiger partial charge on any atom is -0.508 e. The van der Waals surface area contributed by atoms with Crippen LogP contribution in [0.15, 0.2) is 24.3 Å². The Morgan fingerprint density at radius 3 is 1.91 bits per heavy atom. The van der Waals surface area contributed by atoms with Crippen LogP contribution in [0.1, 0.15) is 24.2 Å². The first-order chi connectivity index (χ1) is 15.9. The van der Waals surface area contributed by atoms with Gasteiger partial charge < -0.3 is 46.4 Å². The smallest absolute Gasteiger partial charge is 0.332 e. The molecule has 0 saturated carbocycles. The minimum atomic E-state index is -2.23. The molecule has 0 aromatic heterocycles. The number of phenols is 1. The zero-order valence-corrected chi connectivity index (χ0v) is 18.6. The number of aromatic hydroxyl groups is 1. The number of carbonyl (C=O) groups is 4. The molecule has 34 heavy (non-hydrogen) atoms. The Bertz CT molecular complexity index is 819. The first-order valence-corrected chi connectivity index (χ1v) is 9.67. The lowest BCUT2D eigenvalue weighted by Crippen LogP contribution is -2.66. The fourth-order valence-electron chi connectivity index (χ4n) is 2.35. The van der Waals surface area contributed by atoms with Crippen LogP contribution in [0.2, 0.25) is 0 Å². The zero-order chi connectivity index (χ0) is 26.5. The van der Waals surface area contributed by atoms with Crippen LogP contribution in [-0.4, -0.2) is 114 Å². The Morgan fingerprint density at radius 2 is 1.56 bits per heavy atom. The minimum absolute atomic E-state index is 0.0139. The van der Waals surface area contributed by atoms with Gasteiger partial charge >= 0.3 is 12.1 Å². The molecule has 0 bridgehead atoms. The molecular weight excluding hydrogens is 460 g/mol. The van der Waals surface area contributed by atoms with Crippen LogP contribution in [-0.2, 0) is 4.79 Å². The van der Waals surface area contributed by atoms with Gasteiger partial charge in [0.25, 0.3) is 5.91 Å². The van der Waals surface area contributed by atoms with Crippen LogP contribution < -0.4 is 10.6 Å². The molecule has 5 amide bonds. The zero-order valence-electron chi connectivity index (χ0n) is 18.6.